The monoisotopic (exact) mass is 307 g/mol. The number of hydrogen-bond donors (Lipinski definition) is 1. The van der Waals surface area contributed by atoms with E-state index in [-0.39, 0.29) is 18.1 Å². The normalized spacial score (nSPS) is 10.2. The summed E-state index contributed by atoms with van der Waals surface area (Å²) in [5.41, 5.74) is 0.377. The number of rotatable bonds is 6. The van der Waals surface area contributed by atoms with Crippen LogP contribution in [-0.2, 0) is 11.2 Å². The Morgan fingerprint density at radius 2 is 1.86 bits per heavy atom. The zero-order valence-electron chi connectivity index (χ0n) is 11.3. The summed E-state index contributed by atoms with van der Waals surface area (Å²) in [6, 6.07) is 13.3. The largest absolute Gasteiger partial charge is 0.490 e. The van der Waals surface area contributed by atoms with Crippen molar-refractivity contribution < 1.29 is 13.9 Å². The van der Waals surface area contributed by atoms with E-state index in [1.807, 2.05) is 12.1 Å². The van der Waals surface area contributed by atoms with Crippen LogP contribution in [0, 0.1) is 5.82 Å². The number of hydrogen-bond acceptors (Lipinski definition) is 2. The van der Waals surface area contributed by atoms with Crippen molar-refractivity contribution in [1.82, 2.24) is 5.32 Å². The van der Waals surface area contributed by atoms with Crippen LogP contribution >= 0.6 is 11.6 Å². The summed E-state index contributed by atoms with van der Waals surface area (Å²) in [7, 11) is 0. The summed E-state index contributed by atoms with van der Waals surface area (Å²) in [4.78, 5) is 11.7. The van der Waals surface area contributed by atoms with Gasteiger partial charge in [0, 0.05) is 0 Å². The van der Waals surface area contributed by atoms with Crippen molar-refractivity contribution in [3.05, 3.63) is 64.9 Å². The molecule has 3 nitrogen and oxygen atoms in total. The van der Waals surface area contributed by atoms with Crippen molar-refractivity contribution in [2.24, 2.45) is 0 Å². The fourth-order valence-electron chi connectivity index (χ4n) is 1.79. The molecule has 2 rings (SSSR count). The molecule has 2 aromatic carbocycles. The smallest absolute Gasteiger partial charge is 0.224 e. The van der Waals surface area contributed by atoms with Crippen LogP contribution < -0.4 is 10.1 Å². The predicted octanol–water partition coefficient (Wildman–Crippen LogP) is 3.22. The number of benzene rings is 2. The molecule has 21 heavy (non-hydrogen) atoms. The quantitative estimate of drug-likeness (QED) is 0.832. The molecule has 0 fully saturated rings. The minimum absolute atomic E-state index is 0.0127. The Morgan fingerprint density at radius 1 is 1.14 bits per heavy atom. The van der Waals surface area contributed by atoms with Crippen molar-refractivity contribution in [1.29, 1.82) is 0 Å². The first-order valence-electron chi connectivity index (χ1n) is 6.54. The van der Waals surface area contributed by atoms with Crippen LogP contribution in [0.5, 0.6) is 5.75 Å². The summed E-state index contributed by atoms with van der Waals surface area (Å²) in [6.45, 7) is 0.630. The van der Waals surface area contributed by atoms with E-state index < -0.39 is 0 Å². The van der Waals surface area contributed by atoms with Gasteiger partial charge in [-0.05, 0) is 23.8 Å². The van der Waals surface area contributed by atoms with Crippen molar-refractivity contribution in [3.8, 4) is 5.75 Å². The molecule has 0 aliphatic rings. The minimum Gasteiger partial charge on any atom is -0.490 e. The minimum atomic E-state index is -0.375. The van der Waals surface area contributed by atoms with Crippen molar-refractivity contribution in [3.63, 3.8) is 0 Å². The number of nitrogens with one attached hydrogen (secondary N) is 1. The molecule has 0 unspecified atom stereocenters. The van der Waals surface area contributed by atoms with Gasteiger partial charge in [-0.1, -0.05) is 41.9 Å². The van der Waals surface area contributed by atoms with E-state index in [4.69, 9.17) is 16.3 Å². The third-order valence-electron chi connectivity index (χ3n) is 2.83. The Hall–Kier alpha value is -2.07. The highest BCUT2D eigenvalue weighted by molar-refractivity contribution is 6.32. The SMILES string of the molecule is O=C(Cc1ccccc1F)NCCOc1ccccc1Cl. The molecule has 1 N–H and O–H groups in total. The lowest BCUT2D eigenvalue weighted by atomic mass is 10.1. The topological polar surface area (TPSA) is 38.3 Å². The summed E-state index contributed by atoms with van der Waals surface area (Å²) >= 11 is 5.94. The number of amides is 1. The second kappa shape index (κ2) is 7.64. The molecule has 0 spiro atoms. The third kappa shape index (κ3) is 4.76. The van der Waals surface area contributed by atoms with E-state index in [2.05, 4.69) is 5.32 Å². The highest BCUT2D eigenvalue weighted by Gasteiger charge is 2.07. The van der Waals surface area contributed by atoms with Crippen LogP contribution in [0.1, 0.15) is 5.56 Å². The number of carbonyl (C=O) groups is 1. The second-order valence-electron chi connectivity index (χ2n) is 4.40. The molecule has 1 amide bonds. The maximum Gasteiger partial charge on any atom is 0.224 e. The lowest BCUT2D eigenvalue weighted by Crippen LogP contribution is -2.29. The first-order valence-corrected chi connectivity index (χ1v) is 6.92. The Morgan fingerprint density at radius 3 is 2.62 bits per heavy atom. The summed E-state index contributed by atoms with van der Waals surface area (Å²) in [5.74, 6) is -0.0506. The molecule has 2 aromatic rings. The molecule has 0 radical (unpaired) electrons. The molecule has 5 heteroatoms. The molecule has 0 aliphatic heterocycles. The zero-order chi connectivity index (χ0) is 15.1. The van der Waals surface area contributed by atoms with Gasteiger partial charge < -0.3 is 10.1 Å². The molecular formula is C16H15ClFNO2. The summed E-state index contributed by atoms with van der Waals surface area (Å²) < 4.78 is 18.8. The Kier molecular flexibility index (Phi) is 5.58. The van der Waals surface area contributed by atoms with E-state index in [1.165, 1.54) is 6.07 Å². The van der Waals surface area contributed by atoms with Gasteiger partial charge in [-0.2, -0.15) is 0 Å². The molecule has 0 saturated heterocycles. The van der Waals surface area contributed by atoms with Gasteiger partial charge in [0.05, 0.1) is 18.0 Å². The average molecular weight is 308 g/mol. The van der Waals surface area contributed by atoms with Gasteiger partial charge in [-0.25, -0.2) is 4.39 Å². The van der Waals surface area contributed by atoms with Gasteiger partial charge in [0.2, 0.25) is 5.91 Å². The van der Waals surface area contributed by atoms with E-state index in [9.17, 15) is 9.18 Å². The number of ether oxygens (including phenoxy) is 1. The first-order chi connectivity index (χ1) is 10.2. The molecule has 0 atom stereocenters. The maximum absolute atomic E-state index is 13.4. The molecule has 0 heterocycles. The van der Waals surface area contributed by atoms with Crippen LogP contribution in [0.2, 0.25) is 5.02 Å². The number of halogens is 2. The molecule has 0 saturated carbocycles. The van der Waals surface area contributed by atoms with Gasteiger partial charge >= 0.3 is 0 Å². The third-order valence-corrected chi connectivity index (χ3v) is 3.14. The van der Waals surface area contributed by atoms with Crippen LogP contribution in [0.3, 0.4) is 0 Å². The lowest BCUT2D eigenvalue weighted by Gasteiger charge is -2.09. The second-order valence-corrected chi connectivity index (χ2v) is 4.80. The fourth-order valence-corrected chi connectivity index (χ4v) is 1.98. The standard InChI is InChI=1S/C16H15ClFNO2/c17-13-6-2-4-8-15(13)21-10-9-19-16(20)11-12-5-1-3-7-14(12)18/h1-8H,9-11H2,(H,19,20). The lowest BCUT2D eigenvalue weighted by molar-refractivity contribution is -0.120. The summed E-state index contributed by atoms with van der Waals surface area (Å²) in [5, 5.41) is 3.20. The fraction of sp³-hybridized carbons (Fsp3) is 0.188. The first kappa shape index (κ1) is 15.3. The Labute approximate surface area is 127 Å². The summed E-state index contributed by atoms with van der Waals surface area (Å²) in [6.07, 6.45) is 0.0127. The molecule has 0 aliphatic carbocycles. The average Bonchev–Trinajstić information content (AvgIpc) is 2.48. The van der Waals surface area contributed by atoms with Crippen LogP contribution in [0.4, 0.5) is 4.39 Å². The van der Waals surface area contributed by atoms with Crippen LogP contribution in [-0.4, -0.2) is 19.1 Å². The maximum atomic E-state index is 13.4. The van der Waals surface area contributed by atoms with E-state index >= 15 is 0 Å². The highest BCUT2D eigenvalue weighted by atomic mass is 35.5. The van der Waals surface area contributed by atoms with Gasteiger partial charge in [0.25, 0.3) is 0 Å². The molecule has 110 valence electrons. The van der Waals surface area contributed by atoms with E-state index in [0.717, 1.165) is 0 Å². The zero-order valence-corrected chi connectivity index (χ0v) is 12.1. The van der Waals surface area contributed by atoms with Crippen molar-refractivity contribution in [2.75, 3.05) is 13.2 Å². The Bertz CT molecular complexity index is 619. The van der Waals surface area contributed by atoms with E-state index in [0.29, 0.717) is 29.5 Å². The predicted molar refractivity (Wildman–Crippen MR) is 80.1 cm³/mol. The van der Waals surface area contributed by atoms with Gasteiger partial charge in [-0.3, -0.25) is 4.79 Å². The molecule has 0 aromatic heterocycles. The van der Waals surface area contributed by atoms with Crippen molar-refractivity contribution >= 4 is 17.5 Å². The van der Waals surface area contributed by atoms with Gasteiger partial charge in [-0.15, -0.1) is 0 Å². The van der Waals surface area contributed by atoms with Gasteiger partial charge in [0.15, 0.2) is 0 Å². The molecule has 0 bridgehead atoms. The van der Waals surface area contributed by atoms with Gasteiger partial charge in [0.1, 0.15) is 18.2 Å². The van der Waals surface area contributed by atoms with Crippen molar-refractivity contribution in [2.45, 2.75) is 6.42 Å². The highest BCUT2D eigenvalue weighted by Crippen LogP contribution is 2.22. The number of para-hydroxylation sites is 1. The number of carbonyl (C=O) groups excluding carboxylic acids is 1. The molecular weight excluding hydrogens is 293 g/mol. The van der Waals surface area contributed by atoms with Crippen LogP contribution in [0.15, 0.2) is 48.5 Å². The van der Waals surface area contributed by atoms with E-state index in [1.54, 1.807) is 30.3 Å². The van der Waals surface area contributed by atoms with Crippen LogP contribution in [0.25, 0.3) is 0 Å². The Balaban J connectivity index is 1.73.